The van der Waals surface area contributed by atoms with Gasteiger partial charge in [-0.1, -0.05) is 25.7 Å². The molecular weight excluding hydrogens is 216 g/mol. The predicted molar refractivity (Wildman–Crippen MR) is 66.5 cm³/mol. The molecule has 0 bridgehead atoms. The van der Waals surface area contributed by atoms with Crippen LogP contribution in [0.4, 0.5) is 0 Å². The molecule has 98 valence electrons. The van der Waals surface area contributed by atoms with Crippen LogP contribution < -0.4 is 11.1 Å². The Morgan fingerprint density at radius 1 is 1.47 bits per heavy atom. The van der Waals surface area contributed by atoms with Crippen LogP contribution in [0.25, 0.3) is 0 Å². The lowest BCUT2D eigenvalue weighted by atomic mass is 9.85. The molecule has 4 nitrogen and oxygen atoms in total. The van der Waals surface area contributed by atoms with E-state index in [1.807, 2.05) is 6.92 Å². The van der Waals surface area contributed by atoms with Gasteiger partial charge in [0.15, 0.2) is 0 Å². The van der Waals surface area contributed by atoms with Crippen LogP contribution in [0.15, 0.2) is 0 Å². The minimum absolute atomic E-state index is 0.0560. The van der Waals surface area contributed by atoms with Crippen LogP contribution in [0, 0.1) is 11.3 Å². The molecule has 1 heterocycles. The molecule has 3 N–H and O–H groups in total. The maximum Gasteiger partial charge on any atom is 0.229 e. The maximum absolute atomic E-state index is 12.1. The molecule has 0 radical (unpaired) electrons. The zero-order valence-corrected chi connectivity index (χ0v) is 10.7. The van der Waals surface area contributed by atoms with Gasteiger partial charge in [0.05, 0.1) is 18.6 Å². The molecule has 0 spiro atoms. The average molecular weight is 240 g/mol. The van der Waals surface area contributed by atoms with Crippen molar-refractivity contribution in [3.8, 4) is 0 Å². The van der Waals surface area contributed by atoms with Gasteiger partial charge in [0, 0.05) is 12.6 Å². The number of carbonyl (C=O) groups is 1. The van der Waals surface area contributed by atoms with E-state index in [0.29, 0.717) is 13.2 Å². The molecule has 0 aromatic carbocycles. The number of nitrogens with one attached hydrogen (secondary N) is 1. The van der Waals surface area contributed by atoms with Gasteiger partial charge in [-0.2, -0.15) is 0 Å². The van der Waals surface area contributed by atoms with E-state index in [0.717, 1.165) is 18.9 Å². The summed E-state index contributed by atoms with van der Waals surface area (Å²) < 4.78 is 5.29. The zero-order valence-electron chi connectivity index (χ0n) is 10.7. The average Bonchev–Trinajstić information content (AvgIpc) is 2.91. The highest BCUT2D eigenvalue weighted by Gasteiger charge is 2.44. The van der Waals surface area contributed by atoms with Crippen molar-refractivity contribution in [2.45, 2.75) is 45.1 Å². The highest BCUT2D eigenvalue weighted by molar-refractivity contribution is 5.83. The lowest BCUT2D eigenvalue weighted by molar-refractivity contribution is -0.130. The highest BCUT2D eigenvalue weighted by atomic mass is 16.5. The Hall–Kier alpha value is -0.610. The maximum atomic E-state index is 12.1. The molecule has 1 aliphatic carbocycles. The number of ether oxygens (including phenoxy) is 1. The summed E-state index contributed by atoms with van der Waals surface area (Å²) in [6.45, 7) is 3.62. The first-order valence-electron chi connectivity index (χ1n) is 6.74. The number of rotatable bonds is 4. The van der Waals surface area contributed by atoms with Crippen LogP contribution in [0.1, 0.15) is 39.0 Å². The Bertz CT molecular complexity index is 277. The van der Waals surface area contributed by atoms with Gasteiger partial charge in [-0.15, -0.1) is 0 Å². The molecule has 2 atom stereocenters. The van der Waals surface area contributed by atoms with Crippen LogP contribution in [-0.2, 0) is 9.53 Å². The largest absolute Gasteiger partial charge is 0.379 e. The molecular formula is C13H24N2O2. The van der Waals surface area contributed by atoms with E-state index in [1.54, 1.807) is 0 Å². The molecule has 2 rings (SSSR count). The van der Waals surface area contributed by atoms with Crippen molar-refractivity contribution in [1.82, 2.24) is 5.32 Å². The summed E-state index contributed by atoms with van der Waals surface area (Å²) in [5.41, 5.74) is 5.39. The molecule has 17 heavy (non-hydrogen) atoms. The number of amides is 1. The summed E-state index contributed by atoms with van der Waals surface area (Å²) in [5.74, 6) is 0.872. The molecule has 1 aliphatic heterocycles. The number of hydrogen-bond donors (Lipinski definition) is 2. The van der Waals surface area contributed by atoms with Crippen molar-refractivity contribution in [3.05, 3.63) is 0 Å². The van der Waals surface area contributed by atoms with E-state index in [9.17, 15) is 4.79 Å². The van der Waals surface area contributed by atoms with Crippen LogP contribution in [0.3, 0.4) is 0 Å². The van der Waals surface area contributed by atoms with Crippen molar-refractivity contribution in [2.75, 3.05) is 19.8 Å². The number of nitrogens with two attached hydrogens (primary N) is 1. The van der Waals surface area contributed by atoms with Crippen molar-refractivity contribution in [2.24, 2.45) is 17.1 Å². The number of hydrogen-bond acceptors (Lipinski definition) is 3. The Labute approximate surface area is 103 Å². The van der Waals surface area contributed by atoms with E-state index in [1.165, 1.54) is 25.7 Å². The topological polar surface area (TPSA) is 64.3 Å². The second-order valence-electron chi connectivity index (χ2n) is 5.73. The summed E-state index contributed by atoms with van der Waals surface area (Å²) >= 11 is 0. The van der Waals surface area contributed by atoms with Crippen molar-refractivity contribution >= 4 is 5.91 Å². The van der Waals surface area contributed by atoms with Crippen LogP contribution in [-0.4, -0.2) is 31.7 Å². The van der Waals surface area contributed by atoms with Crippen LogP contribution >= 0.6 is 0 Å². The van der Waals surface area contributed by atoms with Crippen molar-refractivity contribution in [3.63, 3.8) is 0 Å². The van der Waals surface area contributed by atoms with E-state index >= 15 is 0 Å². The summed E-state index contributed by atoms with van der Waals surface area (Å²) in [6.07, 6.45) is 6.48. The summed E-state index contributed by atoms with van der Waals surface area (Å²) in [4.78, 5) is 12.1. The van der Waals surface area contributed by atoms with Crippen LogP contribution in [0.5, 0.6) is 0 Å². The molecule has 0 aromatic heterocycles. The third kappa shape index (κ3) is 2.80. The van der Waals surface area contributed by atoms with Crippen LogP contribution in [0.2, 0.25) is 0 Å². The smallest absolute Gasteiger partial charge is 0.229 e. The highest BCUT2D eigenvalue weighted by Crippen LogP contribution is 2.28. The molecule has 1 amide bonds. The second kappa shape index (κ2) is 5.36. The molecule has 2 aliphatic rings. The van der Waals surface area contributed by atoms with E-state index in [4.69, 9.17) is 10.5 Å². The SMILES string of the molecule is CC1(C(=O)NCCC2CCCC2)COCC1N. The van der Waals surface area contributed by atoms with E-state index < -0.39 is 5.41 Å². The second-order valence-corrected chi connectivity index (χ2v) is 5.73. The van der Waals surface area contributed by atoms with Crippen molar-refractivity contribution < 1.29 is 9.53 Å². The minimum atomic E-state index is -0.532. The fraction of sp³-hybridized carbons (Fsp3) is 0.923. The Kier molecular flexibility index (Phi) is 4.05. The first-order chi connectivity index (χ1) is 8.13. The molecule has 1 saturated heterocycles. The van der Waals surface area contributed by atoms with Crippen molar-refractivity contribution in [1.29, 1.82) is 0 Å². The first-order valence-corrected chi connectivity index (χ1v) is 6.74. The normalized spacial score (nSPS) is 34.1. The van der Waals surface area contributed by atoms with Gasteiger partial charge in [-0.3, -0.25) is 4.79 Å². The van der Waals surface area contributed by atoms with Gasteiger partial charge >= 0.3 is 0 Å². The minimum Gasteiger partial charge on any atom is -0.379 e. The summed E-state index contributed by atoms with van der Waals surface area (Å²) in [7, 11) is 0. The summed E-state index contributed by atoms with van der Waals surface area (Å²) in [6, 6.07) is -0.172. The lowest BCUT2D eigenvalue weighted by Gasteiger charge is -2.25. The Morgan fingerprint density at radius 3 is 2.76 bits per heavy atom. The quantitative estimate of drug-likeness (QED) is 0.772. The summed E-state index contributed by atoms with van der Waals surface area (Å²) in [5, 5.41) is 3.02. The van der Waals surface area contributed by atoms with Gasteiger partial charge in [0.25, 0.3) is 0 Å². The third-order valence-corrected chi connectivity index (χ3v) is 4.35. The van der Waals surface area contributed by atoms with Gasteiger partial charge in [-0.05, 0) is 19.3 Å². The fourth-order valence-electron chi connectivity index (χ4n) is 2.81. The Morgan fingerprint density at radius 2 is 2.18 bits per heavy atom. The number of carbonyl (C=O) groups excluding carboxylic acids is 1. The molecule has 2 unspecified atom stereocenters. The molecule has 1 saturated carbocycles. The van der Waals surface area contributed by atoms with Gasteiger partial charge in [-0.25, -0.2) is 0 Å². The van der Waals surface area contributed by atoms with Gasteiger partial charge < -0.3 is 15.8 Å². The lowest BCUT2D eigenvalue weighted by Crippen LogP contribution is -2.50. The molecule has 4 heteroatoms. The molecule has 2 fully saturated rings. The fourth-order valence-corrected chi connectivity index (χ4v) is 2.81. The standard InChI is InChI=1S/C13H24N2O2/c1-13(9-17-8-11(13)14)12(16)15-7-6-10-4-2-3-5-10/h10-11H,2-9,14H2,1H3,(H,15,16). The Balaban J connectivity index is 1.73. The van der Waals surface area contributed by atoms with E-state index in [-0.39, 0.29) is 11.9 Å². The zero-order chi connectivity index (χ0) is 12.3. The predicted octanol–water partition coefficient (Wildman–Crippen LogP) is 1.05. The third-order valence-electron chi connectivity index (χ3n) is 4.35. The molecule has 0 aromatic rings. The van der Waals surface area contributed by atoms with E-state index in [2.05, 4.69) is 5.32 Å². The van der Waals surface area contributed by atoms with Gasteiger partial charge in [0.2, 0.25) is 5.91 Å². The first kappa shape index (κ1) is 12.8. The monoisotopic (exact) mass is 240 g/mol. The van der Waals surface area contributed by atoms with Gasteiger partial charge in [0.1, 0.15) is 0 Å².